The molecule has 0 amide bonds. The number of benzene rings is 1. The van der Waals surface area contributed by atoms with Crippen molar-refractivity contribution in [1.82, 2.24) is 5.32 Å². The summed E-state index contributed by atoms with van der Waals surface area (Å²) in [6, 6.07) is 3.65. The first kappa shape index (κ1) is 6.18. The number of rotatable bonds is 3. The predicted octanol–water partition coefficient (Wildman–Crippen LogP) is 3.30. The lowest BCUT2D eigenvalue weighted by Crippen LogP contribution is -2.46. The summed E-state index contributed by atoms with van der Waals surface area (Å²) in [7, 11) is 0. The Hall–Kier alpha value is -0.860. The Labute approximate surface area is 112 Å². The fourth-order valence-corrected chi connectivity index (χ4v) is 1.47. The van der Waals surface area contributed by atoms with E-state index in [1.165, 1.54) is 18.2 Å². The molecule has 0 aromatic heterocycles. The van der Waals surface area contributed by atoms with Gasteiger partial charge in [0.05, 0.1) is 7.39 Å². The van der Waals surface area contributed by atoms with Crippen LogP contribution in [-0.2, 0) is 0 Å². The maximum Gasteiger partial charge on any atom is 0.179 e. The second-order valence-electron chi connectivity index (χ2n) is 3.71. The first-order valence-corrected chi connectivity index (χ1v) is 5.09. The van der Waals surface area contributed by atoms with Crippen molar-refractivity contribution in [2.75, 3.05) is 0 Å². The van der Waals surface area contributed by atoms with Crippen molar-refractivity contribution in [3.8, 4) is 0 Å². The van der Waals surface area contributed by atoms with Gasteiger partial charge in [0.1, 0.15) is 0 Å². The second kappa shape index (κ2) is 4.98. The van der Waals surface area contributed by atoms with Gasteiger partial charge in [0.15, 0.2) is 5.78 Å². The molecule has 0 aliphatic rings. The maximum absolute atomic E-state index is 12.5. The molecule has 1 aromatic carbocycles. The van der Waals surface area contributed by atoms with Gasteiger partial charge in [-0.1, -0.05) is 23.7 Å². The normalized spacial score (nSPS) is 23.6. The summed E-state index contributed by atoms with van der Waals surface area (Å²) in [6.45, 7) is -3.82. The van der Waals surface area contributed by atoms with E-state index in [2.05, 4.69) is 5.32 Å². The van der Waals surface area contributed by atoms with E-state index in [0.717, 1.165) is 13.8 Å². The minimum absolute atomic E-state index is 0.0842. The zero-order valence-electron chi connectivity index (χ0n) is 16.1. The van der Waals surface area contributed by atoms with Crippen LogP contribution in [0.15, 0.2) is 24.3 Å². The van der Waals surface area contributed by atoms with Gasteiger partial charge < -0.3 is 5.32 Å². The van der Waals surface area contributed by atoms with Crippen molar-refractivity contribution in [3.63, 3.8) is 0 Å². The van der Waals surface area contributed by atoms with Gasteiger partial charge in [-0.25, -0.2) is 0 Å². The van der Waals surface area contributed by atoms with E-state index in [4.69, 9.17) is 21.2 Å². The molecule has 0 radical (unpaired) electrons. The summed E-state index contributed by atoms with van der Waals surface area (Å²) in [5.41, 5.74) is -2.34. The molecule has 0 bridgehead atoms. The number of halogens is 1. The van der Waals surface area contributed by atoms with Gasteiger partial charge in [-0.15, -0.1) is 0 Å². The van der Waals surface area contributed by atoms with E-state index in [1.54, 1.807) is 6.07 Å². The van der Waals surface area contributed by atoms with E-state index in [9.17, 15) is 4.79 Å². The van der Waals surface area contributed by atoms with E-state index in [0.29, 0.717) is 0 Å². The van der Waals surface area contributed by atoms with Crippen LogP contribution in [0.5, 0.6) is 0 Å². The number of nitrogens with one attached hydrogen (secondary N) is 1. The summed E-state index contributed by atoms with van der Waals surface area (Å²) in [6.07, 6.45) is 0. The van der Waals surface area contributed by atoms with E-state index in [1.807, 2.05) is 0 Å². The minimum atomic E-state index is -2.95. The molecule has 0 unspecified atom stereocenters. The molecular weight excluding hydrogens is 222 g/mol. The minimum Gasteiger partial charge on any atom is -0.303 e. The predicted molar refractivity (Wildman–Crippen MR) is 68.1 cm³/mol. The average molecular weight is 247 g/mol. The van der Waals surface area contributed by atoms with Gasteiger partial charge in [-0.3, -0.25) is 4.79 Å². The SMILES string of the molecule is [2H]C([2H])([2H])C(C)(N[C@@]([2H])(C)C(=O)c1cccc(Cl)c1)C([2H])([2H])[2H]. The third-order valence-electron chi connectivity index (χ3n) is 1.86. The zero-order chi connectivity index (χ0) is 18.3. The van der Waals surface area contributed by atoms with E-state index < -0.39 is 31.0 Å². The monoisotopic (exact) mass is 246 g/mol. The molecule has 0 aliphatic carbocycles. The Morgan fingerprint density at radius 2 is 2.31 bits per heavy atom. The molecule has 0 heterocycles. The summed E-state index contributed by atoms with van der Waals surface area (Å²) in [5.74, 6) is -0.778. The third-order valence-corrected chi connectivity index (χ3v) is 2.10. The molecule has 16 heavy (non-hydrogen) atoms. The summed E-state index contributed by atoms with van der Waals surface area (Å²) in [4.78, 5) is 12.5. The van der Waals surface area contributed by atoms with Crippen LogP contribution in [0.2, 0.25) is 5.02 Å². The van der Waals surface area contributed by atoms with Crippen LogP contribution in [0.1, 0.15) is 47.5 Å². The number of Topliss-reactive ketones (excluding diaryl/α,β-unsaturated/α-hetero) is 1. The molecule has 0 saturated carbocycles. The van der Waals surface area contributed by atoms with E-state index >= 15 is 0 Å². The highest BCUT2D eigenvalue weighted by atomic mass is 35.5. The van der Waals surface area contributed by atoms with Gasteiger partial charge >= 0.3 is 0 Å². The van der Waals surface area contributed by atoms with Crippen LogP contribution < -0.4 is 5.32 Å². The Morgan fingerprint density at radius 3 is 2.88 bits per heavy atom. The molecule has 0 saturated heterocycles. The van der Waals surface area contributed by atoms with Crippen LogP contribution >= 0.6 is 11.6 Å². The summed E-state index contributed by atoms with van der Waals surface area (Å²) >= 11 is 5.80. The Morgan fingerprint density at radius 1 is 1.62 bits per heavy atom. The molecule has 1 atom stereocenters. The van der Waals surface area contributed by atoms with Crippen molar-refractivity contribution in [2.24, 2.45) is 0 Å². The first-order chi connectivity index (χ1) is 10.1. The molecule has 2 nitrogen and oxygen atoms in total. The number of carbonyl (C=O) groups is 1. The molecule has 1 rings (SSSR count). The topological polar surface area (TPSA) is 29.1 Å². The largest absolute Gasteiger partial charge is 0.303 e. The molecule has 0 aliphatic heterocycles. The fourth-order valence-electron chi connectivity index (χ4n) is 1.28. The molecule has 0 spiro atoms. The smallest absolute Gasteiger partial charge is 0.179 e. The van der Waals surface area contributed by atoms with Crippen molar-refractivity contribution in [3.05, 3.63) is 34.9 Å². The Balaban J connectivity index is 3.24. The van der Waals surface area contributed by atoms with Crippen LogP contribution in [0, 0.1) is 0 Å². The second-order valence-corrected chi connectivity index (χ2v) is 4.15. The lowest BCUT2D eigenvalue weighted by molar-refractivity contribution is 0.0936. The highest BCUT2D eigenvalue weighted by Crippen LogP contribution is 2.13. The molecule has 0 fully saturated rings. The number of hydrogen-bond donors (Lipinski definition) is 1. The highest BCUT2D eigenvalue weighted by Gasteiger charge is 2.20. The van der Waals surface area contributed by atoms with Crippen molar-refractivity contribution in [2.45, 2.75) is 39.1 Å². The Bertz CT molecular complexity index is 581. The van der Waals surface area contributed by atoms with Gasteiger partial charge in [-0.05, 0) is 39.7 Å². The Kier molecular flexibility index (Phi) is 1.92. The van der Waals surface area contributed by atoms with Gasteiger partial charge in [0.2, 0.25) is 0 Å². The third kappa shape index (κ3) is 3.95. The maximum atomic E-state index is 12.5. The van der Waals surface area contributed by atoms with Crippen LogP contribution in [0.4, 0.5) is 0 Å². The number of carbonyl (C=O) groups excluding carboxylic acids is 1. The summed E-state index contributed by atoms with van der Waals surface area (Å²) in [5, 5.41) is 2.50. The molecule has 88 valence electrons. The van der Waals surface area contributed by atoms with Crippen molar-refractivity contribution in [1.29, 1.82) is 0 Å². The van der Waals surface area contributed by atoms with E-state index in [-0.39, 0.29) is 10.6 Å². The molecule has 1 aromatic rings. The number of hydrogen-bond acceptors (Lipinski definition) is 2. The number of ketones is 1. The van der Waals surface area contributed by atoms with Crippen molar-refractivity contribution < 1.29 is 14.4 Å². The zero-order valence-corrected chi connectivity index (χ0v) is 9.85. The standard InChI is InChI=1S/C13H18ClNO/c1-9(15-13(2,3)4)12(16)10-6-5-7-11(14)8-10/h5-9,15H,1-4H3/t9-/m0/s1/i2D3,3D3,9D. The van der Waals surface area contributed by atoms with Crippen molar-refractivity contribution >= 4 is 17.4 Å². The molecular formula is C13H18ClNO. The summed E-state index contributed by atoms with van der Waals surface area (Å²) < 4.78 is 53.1. The first-order valence-electron chi connectivity index (χ1n) is 8.21. The highest BCUT2D eigenvalue weighted by molar-refractivity contribution is 6.31. The molecule has 1 N–H and O–H groups in total. The van der Waals surface area contributed by atoms with Gasteiger partial charge in [0, 0.05) is 24.3 Å². The average Bonchev–Trinajstić information content (AvgIpc) is 2.34. The van der Waals surface area contributed by atoms with Gasteiger partial charge in [-0.2, -0.15) is 0 Å². The lowest BCUT2D eigenvalue weighted by atomic mass is 10.0. The quantitative estimate of drug-likeness (QED) is 0.830. The van der Waals surface area contributed by atoms with Crippen LogP contribution in [0.25, 0.3) is 0 Å². The fraction of sp³-hybridized carbons (Fsp3) is 0.462. The van der Waals surface area contributed by atoms with Crippen LogP contribution in [0.3, 0.4) is 0 Å². The van der Waals surface area contributed by atoms with Gasteiger partial charge in [0.25, 0.3) is 0 Å². The lowest BCUT2D eigenvalue weighted by Gasteiger charge is -2.25. The van der Waals surface area contributed by atoms with Crippen LogP contribution in [-0.4, -0.2) is 17.3 Å². The molecule has 3 heteroatoms.